The molecule has 2 rings (SSSR count). The maximum atomic E-state index is 11.0. The molecule has 0 amide bonds. The second kappa shape index (κ2) is 6.10. The third-order valence-corrected chi connectivity index (χ3v) is 5.14. The molecule has 0 saturated heterocycles. The zero-order valence-electron chi connectivity index (χ0n) is 9.02. The molecule has 0 spiro atoms. The maximum Gasteiger partial charge on any atom is 0.337 e. The van der Waals surface area contributed by atoms with Gasteiger partial charge in [0.1, 0.15) is 0 Å². The fraction of sp³-hybridized carbons (Fsp3) is 0.0833. The highest BCUT2D eigenvalue weighted by Gasteiger charge is 2.09. The molecule has 2 aromatic rings. The van der Waals surface area contributed by atoms with Gasteiger partial charge in [-0.05, 0) is 51.1 Å². The number of benzene rings is 1. The lowest BCUT2D eigenvalue weighted by Crippen LogP contribution is -1.97. The predicted octanol–water partition coefficient (Wildman–Crippen LogP) is 5.15. The molecule has 18 heavy (non-hydrogen) atoms. The van der Waals surface area contributed by atoms with Crippen molar-refractivity contribution in [3.8, 4) is 0 Å². The van der Waals surface area contributed by atoms with Crippen LogP contribution in [0.5, 0.6) is 0 Å². The standard InChI is InChI=1S/C12H8BrClO2S2/c13-11-3-7(6-18-11)5-17-8-1-2-10(14)9(4-8)12(15)16/h1-4,6H,5H2,(H,15,16). The molecule has 0 aliphatic rings. The maximum absolute atomic E-state index is 11.0. The van der Waals surface area contributed by atoms with Gasteiger partial charge in [-0.2, -0.15) is 0 Å². The van der Waals surface area contributed by atoms with Gasteiger partial charge >= 0.3 is 5.97 Å². The van der Waals surface area contributed by atoms with Gasteiger partial charge in [0.25, 0.3) is 0 Å². The number of thioether (sulfide) groups is 1. The normalized spacial score (nSPS) is 10.6. The van der Waals surface area contributed by atoms with E-state index in [4.69, 9.17) is 16.7 Å². The van der Waals surface area contributed by atoms with E-state index in [1.165, 1.54) is 5.56 Å². The molecule has 1 N–H and O–H groups in total. The average Bonchev–Trinajstić information content (AvgIpc) is 2.74. The molecule has 0 aliphatic carbocycles. The van der Waals surface area contributed by atoms with E-state index in [1.807, 2.05) is 6.07 Å². The van der Waals surface area contributed by atoms with Crippen molar-refractivity contribution in [3.63, 3.8) is 0 Å². The summed E-state index contributed by atoms with van der Waals surface area (Å²) in [5.74, 6) is -0.191. The Balaban J connectivity index is 2.10. The molecule has 0 unspecified atom stereocenters. The number of halogens is 2. The molecule has 0 saturated carbocycles. The summed E-state index contributed by atoms with van der Waals surface area (Å²) in [6.07, 6.45) is 0. The summed E-state index contributed by atoms with van der Waals surface area (Å²) in [5, 5.41) is 11.3. The number of aromatic carboxylic acids is 1. The van der Waals surface area contributed by atoms with Gasteiger partial charge in [0.05, 0.1) is 14.4 Å². The van der Waals surface area contributed by atoms with E-state index in [0.717, 1.165) is 14.4 Å². The highest BCUT2D eigenvalue weighted by Crippen LogP contribution is 2.29. The molecule has 2 nitrogen and oxygen atoms in total. The van der Waals surface area contributed by atoms with Gasteiger partial charge in [0.15, 0.2) is 0 Å². The minimum Gasteiger partial charge on any atom is -0.478 e. The van der Waals surface area contributed by atoms with Crippen LogP contribution in [0, 0.1) is 0 Å². The van der Waals surface area contributed by atoms with Crippen LogP contribution in [0.1, 0.15) is 15.9 Å². The highest BCUT2D eigenvalue weighted by atomic mass is 79.9. The van der Waals surface area contributed by atoms with Crippen molar-refractivity contribution in [3.05, 3.63) is 49.6 Å². The van der Waals surface area contributed by atoms with Gasteiger partial charge in [-0.15, -0.1) is 23.1 Å². The van der Waals surface area contributed by atoms with Crippen LogP contribution in [0.15, 0.2) is 38.3 Å². The van der Waals surface area contributed by atoms with Crippen molar-refractivity contribution in [2.45, 2.75) is 10.6 Å². The summed E-state index contributed by atoms with van der Waals surface area (Å²) in [4.78, 5) is 11.9. The number of carboxylic acids is 1. The minimum absolute atomic E-state index is 0.146. The number of thiophene rings is 1. The van der Waals surface area contributed by atoms with Crippen LogP contribution in [-0.2, 0) is 5.75 Å². The lowest BCUT2D eigenvalue weighted by molar-refractivity contribution is 0.0697. The third-order valence-electron chi connectivity index (χ3n) is 2.20. The van der Waals surface area contributed by atoms with E-state index in [-0.39, 0.29) is 10.6 Å². The van der Waals surface area contributed by atoms with Crippen LogP contribution < -0.4 is 0 Å². The Bertz CT molecular complexity index is 583. The van der Waals surface area contributed by atoms with E-state index in [0.29, 0.717) is 0 Å². The van der Waals surface area contributed by atoms with Gasteiger partial charge in [0, 0.05) is 10.6 Å². The number of carboxylic acid groups (broad SMARTS) is 1. The zero-order chi connectivity index (χ0) is 13.1. The summed E-state index contributed by atoms with van der Waals surface area (Å²) >= 11 is 12.5. The second-order valence-electron chi connectivity index (χ2n) is 3.49. The van der Waals surface area contributed by atoms with Crippen molar-refractivity contribution in [2.75, 3.05) is 0 Å². The third kappa shape index (κ3) is 3.51. The van der Waals surface area contributed by atoms with E-state index in [9.17, 15) is 4.79 Å². The SMILES string of the molecule is O=C(O)c1cc(SCc2csc(Br)c2)ccc1Cl. The van der Waals surface area contributed by atoms with Gasteiger partial charge in [0.2, 0.25) is 0 Å². The first-order valence-corrected chi connectivity index (χ1v) is 7.98. The quantitative estimate of drug-likeness (QED) is 0.763. The number of hydrogen-bond donors (Lipinski definition) is 1. The van der Waals surface area contributed by atoms with Gasteiger partial charge in [-0.1, -0.05) is 11.6 Å². The van der Waals surface area contributed by atoms with Crippen molar-refractivity contribution in [1.29, 1.82) is 0 Å². The topological polar surface area (TPSA) is 37.3 Å². The fourth-order valence-electron chi connectivity index (χ4n) is 1.35. The van der Waals surface area contributed by atoms with Gasteiger partial charge in [-0.25, -0.2) is 4.79 Å². The van der Waals surface area contributed by atoms with Crippen LogP contribution in [0.3, 0.4) is 0 Å². The summed E-state index contributed by atoms with van der Waals surface area (Å²) < 4.78 is 1.10. The molecule has 0 fully saturated rings. The highest BCUT2D eigenvalue weighted by molar-refractivity contribution is 9.11. The Morgan fingerprint density at radius 2 is 2.22 bits per heavy atom. The van der Waals surface area contributed by atoms with Crippen molar-refractivity contribution >= 4 is 56.6 Å². The number of hydrogen-bond acceptors (Lipinski definition) is 3. The summed E-state index contributed by atoms with van der Waals surface area (Å²) in [5.41, 5.74) is 1.36. The first kappa shape index (κ1) is 13.9. The fourth-order valence-corrected chi connectivity index (χ4v) is 3.72. The molecule has 1 heterocycles. The summed E-state index contributed by atoms with van der Waals surface area (Å²) in [6.45, 7) is 0. The van der Waals surface area contributed by atoms with Crippen LogP contribution in [0.4, 0.5) is 0 Å². The molecule has 0 atom stereocenters. The molecule has 6 heteroatoms. The van der Waals surface area contributed by atoms with Crippen molar-refractivity contribution in [2.24, 2.45) is 0 Å². The largest absolute Gasteiger partial charge is 0.478 e. The lowest BCUT2D eigenvalue weighted by atomic mass is 10.2. The van der Waals surface area contributed by atoms with E-state index < -0.39 is 5.97 Å². The Hall–Kier alpha value is -0.490. The van der Waals surface area contributed by atoms with Crippen molar-refractivity contribution in [1.82, 2.24) is 0 Å². The molecular formula is C12H8BrClO2S2. The Kier molecular flexibility index (Phi) is 4.72. The van der Waals surface area contributed by atoms with Crippen LogP contribution in [0.25, 0.3) is 0 Å². The van der Waals surface area contributed by atoms with Crippen LogP contribution in [0.2, 0.25) is 5.02 Å². The molecule has 94 valence electrons. The molecular weight excluding hydrogens is 356 g/mol. The molecule has 0 aliphatic heterocycles. The van der Waals surface area contributed by atoms with Crippen LogP contribution >= 0.6 is 50.6 Å². The van der Waals surface area contributed by atoms with E-state index in [1.54, 1.807) is 35.2 Å². The first-order chi connectivity index (χ1) is 8.56. The predicted molar refractivity (Wildman–Crippen MR) is 80.0 cm³/mol. The molecule has 1 aromatic carbocycles. The van der Waals surface area contributed by atoms with Crippen LogP contribution in [-0.4, -0.2) is 11.1 Å². The van der Waals surface area contributed by atoms with E-state index in [2.05, 4.69) is 27.4 Å². The Labute approximate surface area is 126 Å². The van der Waals surface area contributed by atoms with E-state index >= 15 is 0 Å². The summed E-state index contributed by atoms with van der Waals surface area (Å²) in [6, 6.07) is 7.13. The molecule has 0 bridgehead atoms. The number of rotatable bonds is 4. The van der Waals surface area contributed by atoms with Gasteiger partial charge in [-0.3, -0.25) is 0 Å². The van der Waals surface area contributed by atoms with Gasteiger partial charge < -0.3 is 5.11 Å². The zero-order valence-corrected chi connectivity index (χ0v) is 13.0. The average molecular weight is 364 g/mol. The monoisotopic (exact) mass is 362 g/mol. The Morgan fingerprint density at radius 1 is 1.44 bits per heavy atom. The lowest BCUT2D eigenvalue weighted by Gasteiger charge is -2.03. The summed E-state index contributed by atoms with van der Waals surface area (Å²) in [7, 11) is 0. The molecule has 1 aromatic heterocycles. The number of carbonyl (C=O) groups is 1. The van der Waals surface area contributed by atoms with Crippen molar-refractivity contribution < 1.29 is 9.90 Å². The molecule has 0 radical (unpaired) electrons. The second-order valence-corrected chi connectivity index (χ2v) is 7.24. The minimum atomic E-state index is -0.999. The first-order valence-electron chi connectivity index (χ1n) is 4.95. The Morgan fingerprint density at radius 3 is 2.83 bits per heavy atom. The smallest absolute Gasteiger partial charge is 0.337 e.